The zero-order chi connectivity index (χ0) is 22.3. The van der Waals surface area contributed by atoms with Crippen LogP contribution in [-0.2, 0) is 6.18 Å². The number of nitriles is 1. The summed E-state index contributed by atoms with van der Waals surface area (Å²) in [5, 5.41) is 22.0. The molecular weight excluding hydrogens is 416 g/mol. The van der Waals surface area contributed by atoms with Gasteiger partial charge in [0.2, 0.25) is 0 Å². The summed E-state index contributed by atoms with van der Waals surface area (Å²) in [5.41, 5.74) is -1.24. The lowest BCUT2D eigenvalue weighted by atomic mass is 10.1. The van der Waals surface area contributed by atoms with Crippen molar-refractivity contribution in [3.8, 4) is 11.8 Å². The van der Waals surface area contributed by atoms with E-state index < -0.39 is 34.8 Å². The van der Waals surface area contributed by atoms with Crippen molar-refractivity contribution in [1.29, 1.82) is 5.26 Å². The number of halogens is 4. The van der Waals surface area contributed by atoms with Gasteiger partial charge in [-0.05, 0) is 36.8 Å². The third kappa shape index (κ3) is 3.48. The van der Waals surface area contributed by atoms with Gasteiger partial charge in [-0.1, -0.05) is 12.1 Å². The number of aromatic amines is 1. The van der Waals surface area contributed by atoms with Crippen LogP contribution >= 0.6 is 0 Å². The number of fused-ring (bicyclic) bond motifs is 1. The average Bonchev–Trinajstić information content (AvgIpc) is 3.32. The summed E-state index contributed by atoms with van der Waals surface area (Å²) in [7, 11) is 0. The molecule has 0 saturated carbocycles. The van der Waals surface area contributed by atoms with Gasteiger partial charge >= 0.3 is 6.18 Å². The molecular formula is C20H12F4N6O. The molecule has 7 nitrogen and oxygen atoms in total. The molecule has 0 aliphatic heterocycles. The number of alkyl halides is 3. The van der Waals surface area contributed by atoms with Crippen molar-refractivity contribution < 1.29 is 22.4 Å². The standard InChI is InChI=1S/C20H12F4N6O/c1-10-6-12-15(7-11(10)8-25)28-29-18(12)27-19(31)13-9-26-30(17(13)20(22,23)24)16-5-3-2-4-14(16)21/h2-7,9H,1H3,(H2,27,28,29,31). The molecule has 0 saturated heterocycles. The Bertz CT molecular complexity index is 1360. The Morgan fingerprint density at radius 1 is 1.26 bits per heavy atom. The number of para-hydroxylation sites is 1. The number of nitrogens with zero attached hydrogens (tertiary/aromatic N) is 4. The molecule has 1 amide bonds. The number of hydrogen-bond donors (Lipinski definition) is 2. The highest BCUT2D eigenvalue weighted by Gasteiger charge is 2.41. The second kappa shape index (κ2) is 7.24. The molecule has 0 spiro atoms. The number of hydrogen-bond acceptors (Lipinski definition) is 4. The second-order valence-corrected chi connectivity index (χ2v) is 6.62. The Kier molecular flexibility index (Phi) is 4.69. The highest BCUT2D eigenvalue weighted by atomic mass is 19.4. The maximum atomic E-state index is 14.1. The minimum Gasteiger partial charge on any atom is -0.304 e. The van der Waals surface area contributed by atoms with Crippen molar-refractivity contribution in [3.63, 3.8) is 0 Å². The van der Waals surface area contributed by atoms with Crippen LogP contribution in [-0.4, -0.2) is 25.9 Å². The van der Waals surface area contributed by atoms with Gasteiger partial charge in [-0.25, -0.2) is 9.07 Å². The fourth-order valence-electron chi connectivity index (χ4n) is 3.16. The van der Waals surface area contributed by atoms with Gasteiger partial charge in [0.05, 0.1) is 28.9 Å². The number of aromatic nitrogens is 4. The lowest BCUT2D eigenvalue weighted by molar-refractivity contribution is -0.143. The van der Waals surface area contributed by atoms with Crippen LogP contribution in [0.3, 0.4) is 0 Å². The van der Waals surface area contributed by atoms with Crippen molar-refractivity contribution in [2.45, 2.75) is 13.1 Å². The van der Waals surface area contributed by atoms with Crippen molar-refractivity contribution in [1.82, 2.24) is 20.0 Å². The van der Waals surface area contributed by atoms with Crippen molar-refractivity contribution in [3.05, 3.63) is 70.8 Å². The van der Waals surface area contributed by atoms with Gasteiger partial charge < -0.3 is 5.32 Å². The van der Waals surface area contributed by atoms with E-state index >= 15 is 0 Å². The smallest absolute Gasteiger partial charge is 0.304 e. The number of aryl methyl sites for hydroxylation is 1. The number of carbonyl (C=O) groups is 1. The molecule has 11 heteroatoms. The molecule has 2 aromatic carbocycles. The quantitative estimate of drug-likeness (QED) is 0.474. The summed E-state index contributed by atoms with van der Waals surface area (Å²) < 4.78 is 55.7. The molecule has 0 aliphatic rings. The van der Waals surface area contributed by atoms with E-state index in [2.05, 4.69) is 20.6 Å². The Morgan fingerprint density at radius 3 is 2.68 bits per heavy atom. The van der Waals surface area contributed by atoms with E-state index in [1.807, 2.05) is 6.07 Å². The predicted molar refractivity (Wildman–Crippen MR) is 102 cm³/mol. The number of anilines is 1. The van der Waals surface area contributed by atoms with Crippen LogP contribution in [0, 0.1) is 24.1 Å². The number of benzene rings is 2. The zero-order valence-corrected chi connectivity index (χ0v) is 15.8. The Morgan fingerprint density at radius 2 is 2.00 bits per heavy atom. The SMILES string of the molecule is Cc1cc2c(NC(=O)c3cnn(-c4ccccc4F)c3C(F)(F)F)n[nH]c2cc1C#N. The van der Waals surface area contributed by atoms with Gasteiger partial charge in [0.25, 0.3) is 5.91 Å². The first-order chi connectivity index (χ1) is 14.7. The topological polar surface area (TPSA) is 99.4 Å². The number of carbonyl (C=O) groups excluding carboxylic acids is 1. The predicted octanol–water partition coefficient (Wildman–Crippen LogP) is 4.34. The third-order valence-corrected chi connectivity index (χ3v) is 4.62. The molecule has 0 atom stereocenters. The van der Waals surface area contributed by atoms with Crippen molar-refractivity contribution in [2.24, 2.45) is 0 Å². The molecule has 2 heterocycles. The van der Waals surface area contributed by atoms with Crippen LogP contribution in [0.15, 0.2) is 42.6 Å². The van der Waals surface area contributed by atoms with Crippen LogP contribution in [0.5, 0.6) is 0 Å². The average molecular weight is 428 g/mol. The minimum absolute atomic E-state index is 0.0145. The van der Waals surface area contributed by atoms with Crippen molar-refractivity contribution >= 4 is 22.6 Å². The van der Waals surface area contributed by atoms with Crippen LogP contribution in [0.4, 0.5) is 23.4 Å². The van der Waals surface area contributed by atoms with Gasteiger partial charge in [0, 0.05) is 5.39 Å². The lowest BCUT2D eigenvalue weighted by Gasteiger charge is -2.13. The van der Waals surface area contributed by atoms with Gasteiger partial charge in [-0.15, -0.1) is 0 Å². The van der Waals surface area contributed by atoms with E-state index in [0.29, 0.717) is 26.7 Å². The second-order valence-electron chi connectivity index (χ2n) is 6.62. The van der Waals surface area contributed by atoms with Gasteiger partial charge in [0.1, 0.15) is 11.5 Å². The molecule has 31 heavy (non-hydrogen) atoms. The number of rotatable bonds is 3. The number of amides is 1. The van der Waals surface area contributed by atoms with Crippen LogP contribution in [0.1, 0.15) is 27.2 Å². The molecule has 4 rings (SSSR count). The van der Waals surface area contributed by atoms with Gasteiger partial charge in [0.15, 0.2) is 11.5 Å². The zero-order valence-electron chi connectivity index (χ0n) is 15.8. The maximum absolute atomic E-state index is 14.1. The fourth-order valence-corrected chi connectivity index (χ4v) is 3.16. The Labute approximate surface area is 171 Å². The van der Waals surface area contributed by atoms with Gasteiger partial charge in [-0.2, -0.15) is 28.6 Å². The Balaban J connectivity index is 1.77. The highest BCUT2D eigenvalue weighted by molar-refractivity contribution is 6.08. The van der Waals surface area contributed by atoms with Gasteiger partial charge in [-0.3, -0.25) is 9.89 Å². The monoisotopic (exact) mass is 428 g/mol. The lowest BCUT2D eigenvalue weighted by Crippen LogP contribution is -2.21. The molecule has 0 bridgehead atoms. The van der Waals surface area contributed by atoms with Crippen molar-refractivity contribution in [2.75, 3.05) is 5.32 Å². The van der Waals surface area contributed by atoms with E-state index in [9.17, 15) is 22.4 Å². The van der Waals surface area contributed by atoms with E-state index in [1.54, 1.807) is 13.0 Å². The third-order valence-electron chi connectivity index (χ3n) is 4.62. The molecule has 0 radical (unpaired) electrons. The number of nitrogens with one attached hydrogen (secondary N) is 2. The highest BCUT2D eigenvalue weighted by Crippen LogP contribution is 2.35. The molecule has 2 aromatic heterocycles. The van der Waals surface area contributed by atoms with Crippen LogP contribution in [0.2, 0.25) is 0 Å². The normalized spacial score (nSPS) is 11.5. The Hall–Kier alpha value is -4.20. The van der Waals surface area contributed by atoms with Crippen LogP contribution < -0.4 is 5.32 Å². The summed E-state index contributed by atoms with van der Waals surface area (Å²) in [6.45, 7) is 1.68. The first-order valence-corrected chi connectivity index (χ1v) is 8.81. The van der Waals surface area contributed by atoms with E-state index in [4.69, 9.17) is 5.26 Å². The first-order valence-electron chi connectivity index (χ1n) is 8.81. The minimum atomic E-state index is -4.99. The largest absolute Gasteiger partial charge is 0.434 e. The summed E-state index contributed by atoms with van der Waals surface area (Å²) in [6, 6.07) is 9.90. The summed E-state index contributed by atoms with van der Waals surface area (Å²) in [5.74, 6) is -2.06. The molecule has 4 aromatic rings. The molecule has 0 aliphatic carbocycles. The maximum Gasteiger partial charge on any atom is 0.434 e. The van der Waals surface area contributed by atoms with E-state index in [1.165, 1.54) is 18.2 Å². The molecule has 156 valence electrons. The van der Waals surface area contributed by atoms with E-state index in [-0.39, 0.29) is 5.82 Å². The number of H-pyrrole nitrogens is 1. The fraction of sp³-hybridized carbons (Fsp3) is 0.100. The summed E-state index contributed by atoms with van der Waals surface area (Å²) in [4.78, 5) is 12.7. The van der Waals surface area contributed by atoms with E-state index in [0.717, 1.165) is 18.3 Å². The summed E-state index contributed by atoms with van der Waals surface area (Å²) >= 11 is 0. The molecule has 0 unspecified atom stereocenters. The molecule has 2 N–H and O–H groups in total. The summed E-state index contributed by atoms with van der Waals surface area (Å²) in [6.07, 6.45) is -4.27. The molecule has 0 fully saturated rings. The van der Waals surface area contributed by atoms with Crippen LogP contribution in [0.25, 0.3) is 16.6 Å². The first kappa shape index (κ1) is 20.1.